The van der Waals surface area contributed by atoms with Crippen molar-refractivity contribution in [3.63, 3.8) is 0 Å². The Hall–Kier alpha value is -1.62. The van der Waals surface area contributed by atoms with Gasteiger partial charge in [0.1, 0.15) is 0 Å². The van der Waals surface area contributed by atoms with Gasteiger partial charge in [0.05, 0.1) is 6.33 Å². The van der Waals surface area contributed by atoms with Gasteiger partial charge < -0.3 is 9.88 Å². The summed E-state index contributed by atoms with van der Waals surface area (Å²) in [5.41, 5.74) is 3.07. The lowest BCUT2D eigenvalue weighted by Crippen LogP contribution is -2.14. The van der Waals surface area contributed by atoms with E-state index < -0.39 is 0 Å². The number of nitrogens with zero attached hydrogens (tertiary/aromatic N) is 2. The summed E-state index contributed by atoms with van der Waals surface area (Å²) in [5, 5.41) is 2.92. The molecule has 0 fully saturated rings. The van der Waals surface area contributed by atoms with E-state index in [9.17, 15) is 4.79 Å². The number of nitrogens with one attached hydrogen (secondary N) is 1. The fourth-order valence-electron chi connectivity index (χ4n) is 1.89. The maximum Gasteiger partial charge on any atom is 0.226 e. The maximum atomic E-state index is 11.9. The largest absolute Gasteiger partial charge is 0.337 e. The summed E-state index contributed by atoms with van der Waals surface area (Å²) in [5.74, 6) is 0.00909. The number of imidazole rings is 1. The summed E-state index contributed by atoms with van der Waals surface area (Å²) in [6.45, 7) is 4.66. The van der Waals surface area contributed by atoms with Crippen molar-refractivity contribution in [3.8, 4) is 0 Å². The quantitative estimate of drug-likeness (QED) is 0.939. The first-order valence-corrected chi connectivity index (χ1v) is 6.88. The molecule has 0 radical (unpaired) electrons. The van der Waals surface area contributed by atoms with Gasteiger partial charge in [-0.3, -0.25) is 4.79 Å². The highest BCUT2D eigenvalue weighted by Gasteiger charge is 2.06. The Balaban J connectivity index is 1.95. The Bertz CT molecular complexity index is 555. The molecule has 0 saturated heterocycles. The summed E-state index contributed by atoms with van der Waals surface area (Å²) >= 11 is 3.51. The molecule has 4 nitrogen and oxygen atoms in total. The van der Waals surface area contributed by atoms with Gasteiger partial charge in [-0.15, -0.1) is 0 Å². The number of carbonyl (C=O) groups excluding carboxylic acids is 1. The van der Waals surface area contributed by atoms with Crippen molar-refractivity contribution >= 4 is 27.5 Å². The molecular weight excluding hydrogens is 306 g/mol. The van der Waals surface area contributed by atoms with Gasteiger partial charge in [-0.25, -0.2) is 4.98 Å². The van der Waals surface area contributed by atoms with Gasteiger partial charge >= 0.3 is 0 Å². The van der Waals surface area contributed by atoms with Crippen molar-refractivity contribution in [2.75, 3.05) is 5.32 Å². The molecule has 0 saturated carbocycles. The minimum Gasteiger partial charge on any atom is -0.337 e. The van der Waals surface area contributed by atoms with Gasteiger partial charge in [0.25, 0.3) is 0 Å². The van der Waals surface area contributed by atoms with Gasteiger partial charge in [0.2, 0.25) is 5.91 Å². The van der Waals surface area contributed by atoms with E-state index in [1.54, 1.807) is 12.5 Å². The molecule has 1 aromatic heterocycles. The van der Waals surface area contributed by atoms with Gasteiger partial charge in [-0.1, -0.05) is 15.9 Å². The summed E-state index contributed by atoms with van der Waals surface area (Å²) in [4.78, 5) is 15.8. The van der Waals surface area contributed by atoms with Crippen molar-refractivity contribution in [3.05, 3.63) is 46.5 Å². The summed E-state index contributed by atoms with van der Waals surface area (Å²) in [7, 11) is 0. The predicted octanol–water partition coefficient (Wildman–Crippen LogP) is 3.29. The number of aromatic nitrogens is 2. The Morgan fingerprint density at radius 2 is 2.05 bits per heavy atom. The number of aryl methyl sites for hydroxylation is 3. The first kappa shape index (κ1) is 13.8. The average molecular weight is 322 g/mol. The second-order valence-corrected chi connectivity index (χ2v) is 5.32. The number of rotatable bonds is 4. The number of hydrogen-bond acceptors (Lipinski definition) is 2. The van der Waals surface area contributed by atoms with E-state index in [1.165, 1.54) is 0 Å². The van der Waals surface area contributed by atoms with Crippen LogP contribution < -0.4 is 5.32 Å². The second-order valence-electron chi connectivity index (χ2n) is 4.52. The highest BCUT2D eigenvalue weighted by molar-refractivity contribution is 9.10. The van der Waals surface area contributed by atoms with Crippen LogP contribution in [0.1, 0.15) is 17.5 Å². The van der Waals surface area contributed by atoms with Crippen LogP contribution in [0.15, 0.2) is 35.3 Å². The molecule has 19 heavy (non-hydrogen) atoms. The molecule has 0 aliphatic heterocycles. The summed E-state index contributed by atoms with van der Waals surface area (Å²) in [6.07, 6.45) is 5.70. The van der Waals surface area contributed by atoms with Crippen molar-refractivity contribution in [1.29, 1.82) is 0 Å². The molecule has 0 atom stereocenters. The van der Waals surface area contributed by atoms with Crippen LogP contribution in [0.25, 0.3) is 0 Å². The molecule has 100 valence electrons. The summed E-state index contributed by atoms with van der Waals surface area (Å²) in [6, 6.07) is 3.93. The van der Waals surface area contributed by atoms with Crippen LogP contribution in [0.2, 0.25) is 0 Å². The van der Waals surface area contributed by atoms with Gasteiger partial charge in [0, 0.05) is 35.5 Å². The van der Waals surface area contributed by atoms with E-state index in [-0.39, 0.29) is 5.91 Å². The van der Waals surface area contributed by atoms with Gasteiger partial charge in [0.15, 0.2) is 0 Å². The lowest BCUT2D eigenvalue weighted by molar-refractivity contribution is -0.116. The Labute approximate surface area is 121 Å². The second kappa shape index (κ2) is 6.02. The number of amides is 1. The number of benzene rings is 1. The monoisotopic (exact) mass is 321 g/mol. The van der Waals surface area contributed by atoms with Crippen LogP contribution in [0.3, 0.4) is 0 Å². The van der Waals surface area contributed by atoms with Crippen LogP contribution in [-0.4, -0.2) is 15.5 Å². The molecule has 0 unspecified atom stereocenters. The zero-order valence-corrected chi connectivity index (χ0v) is 12.6. The minimum absolute atomic E-state index is 0.00909. The van der Waals surface area contributed by atoms with Crippen LogP contribution in [-0.2, 0) is 11.3 Å². The number of anilines is 1. The zero-order valence-electron chi connectivity index (χ0n) is 11.0. The molecule has 1 N–H and O–H groups in total. The first-order chi connectivity index (χ1) is 9.06. The molecule has 1 heterocycles. The predicted molar refractivity (Wildman–Crippen MR) is 79.1 cm³/mol. The van der Waals surface area contributed by atoms with E-state index >= 15 is 0 Å². The standard InChI is InChI=1S/C14H16BrN3O/c1-10-7-12(8-11(2)14(10)15)17-13(19)3-5-18-6-4-16-9-18/h4,6-9H,3,5H2,1-2H3,(H,17,19). The third kappa shape index (κ3) is 3.67. The fraction of sp³-hybridized carbons (Fsp3) is 0.286. The minimum atomic E-state index is 0.00909. The van der Waals surface area contributed by atoms with E-state index in [1.807, 2.05) is 36.7 Å². The lowest BCUT2D eigenvalue weighted by Gasteiger charge is -2.10. The van der Waals surface area contributed by atoms with E-state index in [0.717, 1.165) is 21.3 Å². The van der Waals surface area contributed by atoms with Crippen molar-refractivity contribution < 1.29 is 4.79 Å². The number of hydrogen-bond donors (Lipinski definition) is 1. The van der Waals surface area contributed by atoms with Crippen molar-refractivity contribution in [2.24, 2.45) is 0 Å². The number of carbonyl (C=O) groups is 1. The molecule has 5 heteroatoms. The Morgan fingerprint density at radius 3 is 2.63 bits per heavy atom. The highest BCUT2D eigenvalue weighted by Crippen LogP contribution is 2.25. The van der Waals surface area contributed by atoms with E-state index in [4.69, 9.17) is 0 Å². The fourth-order valence-corrected chi connectivity index (χ4v) is 2.12. The van der Waals surface area contributed by atoms with Gasteiger partial charge in [-0.2, -0.15) is 0 Å². The third-order valence-electron chi connectivity index (χ3n) is 2.88. The molecule has 0 bridgehead atoms. The van der Waals surface area contributed by atoms with E-state index in [0.29, 0.717) is 13.0 Å². The SMILES string of the molecule is Cc1cc(NC(=O)CCn2ccnc2)cc(C)c1Br. The van der Waals surface area contributed by atoms with Crippen LogP contribution >= 0.6 is 15.9 Å². The molecule has 0 spiro atoms. The van der Waals surface area contributed by atoms with Crippen LogP contribution in [0, 0.1) is 13.8 Å². The zero-order chi connectivity index (χ0) is 13.8. The third-order valence-corrected chi connectivity index (χ3v) is 4.13. The molecule has 1 amide bonds. The normalized spacial score (nSPS) is 10.5. The lowest BCUT2D eigenvalue weighted by atomic mass is 10.1. The van der Waals surface area contributed by atoms with Crippen LogP contribution in [0.4, 0.5) is 5.69 Å². The molecule has 2 rings (SSSR count). The average Bonchev–Trinajstić information content (AvgIpc) is 2.86. The topological polar surface area (TPSA) is 46.9 Å². The molecule has 2 aromatic rings. The molecular formula is C14H16BrN3O. The van der Waals surface area contributed by atoms with Crippen LogP contribution in [0.5, 0.6) is 0 Å². The molecule has 1 aromatic carbocycles. The van der Waals surface area contributed by atoms with Crippen molar-refractivity contribution in [2.45, 2.75) is 26.8 Å². The Morgan fingerprint density at radius 1 is 1.37 bits per heavy atom. The number of halogens is 1. The Kier molecular flexibility index (Phi) is 4.37. The highest BCUT2D eigenvalue weighted by atomic mass is 79.9. The van der Waals surface area contributed by atoms with Crippen molar-refractivity contribution in [1.82, 2.24) is 9.55 Å². The summed E-state index contributed by atoms with van der Waals surface area (Å²) < 4.78 is 2.97. The maximum absolute atomic E-state index is 11.9. The van der Waals surface area contributed by atoms with Gasteiger partial charge in [-0.05, 0) is 37.1 Å². The van der Waals surface area contributed by atoms with E-state index in [2.05, 4.69) is 26.2 Å². The first-order valence-electron chi connectivity index (χ1n) is 6.08. The smallest absolute Gasteiger partial charge is 0.226 e. The molecule has 0 aliphatic rings. The molecule has 0 aliphatic carbocycles.